The number of nitrogens with zero attached hydrogens (tertiary/aromatic N) is 3. The van der Waals surface area contributed by atoms with Crippen molar-refractivity contribution in [3.63, 3.8) is 0 Å². The number of amides is 1. The lowest BCUT2D eigenvalue weighted by Gasteiger charge is -2.18. The molecule has 0 radical (unpaired) electrons. The number of aromatic nitrogens is 3. The highest BCUT2D eigenvalue weighted by molar-refractivity contribution is 7.98. The van der Waals surface area contributed by atoms with Gasteiger partial charge in [-0.2, -0.15) is 0 Å². The second-order valence-electron chi connectivity index (χ2n) is 8.11. The molecule has 0 aliphatic rings. The Kier molecular flexibility index (Phi) is 7.83. The molecule has 1 aromatic heterocycles. The van der Waals surface area contributed by atoms with Gasteiger partial charge in [-0.15, -0.1) is 10.2 Å². The van der Waals surface area contributed by atoms with Gasteiger partial charge in [-0.25, -0.2) is 8.78 Å². The fourth-order valence-corrected chi connectivity index (χ4v) is 4.65. The summed E-state index contributed by atoms with van der Waals surface area (Å²) in [5, 5.41) is 12.9. The second kappa shape index (κ2) is 11.0. The summed E-state index contributed by atoms with van der Waals surface area (Å²) in [4.78, 5) is 12.7. The molecule has 0 aliphatic heterocycles. The molecule has 9 heteroatoms. The van der Waals surface area contributed by atoms with Gasteiger partial charge >= 0.3 is 0 Å². The van der Waals surface area contributed by atoms with Crippen LogP contribution in [0.2, 0.25) is 5.02 Å². The zero-order valence-electron chi connectivity index (χ0n) is 19.1. The Morgan fingerprint density at radius 1 is 1.00 bits per heavy atom. The van der Waals surface area contributed by atoms with E-state index in [1.54, 1.807) is 24.3 Å². The van der Waals surface area contributed by atoms with Crippen LogP contribution in [0.25, 0.3) is 5.69 Å². The van der Waals surface area contributed by atoms with E-state index in [1.807, 2.05) is 36.6 Å². The summed E-state index contributed by atoms with van der Waals surface area (Å²) in [6, 6.07) is 17.2. The van der Waals surface area contributed by atoms with E-state index in [9.17, 15) is 13.6 Å². The summed E-state index contributed by atoms with van der Waals surface area (Å²) in [5.41, 5.74) is 3.41. The normalized spacial score (nSPS) is 11.9. The first-order valence-electron chi connectivity index (χ1n) is 10.9. The van der Waals surface area contributed by atoms with E-state index in [-0.39, 0.29) is 24.0 Å². The zero-order chi connectivity index (χ0) is 24.9. The Morgan fingerprint density at radius 3 is 2.29 bits per heavy atom. The van der Waals surface area contributed by atoms with Gasteiger partial charge in [-0.3, -0.25) is 9.36 Å². The third-order valence-electron chi connectivity index (χ3n) is 5.39. The van der Waals surface area contributed by atoms with E-state index in [2.05, 4.69) is 15.5 Å². The molecule has 1 atom stereocenters. The van der Waals surface area contributed by atoms with Crippen molar-refractivity contribution in [2.24, 2.45) is 0 Å². The fourth-order valence-electron chi connectivity index (χ4n) is 3.58. The van der Waals surface area contributed by atoms with Crippen LogP contribution >= 0.6 is 23.4 Å². The minimum Gasteiger partial charge on any atom is -0.346 e. The molecule has 1 unspecified atom stereocenters. The summed E-state index contributed by atoms with van der Waals surface area (Å²) in [5.74, 6) is 0.247. The third-order valence-corrected chi connectivity index (χ3v) is 6.63. The predicted octanol–water partition coefficient (Wildman–Crippen LogP) is 6.22. The fraction of sp³-hybridized carbons (Fsp3) is 0.192. The standard InChI is InChI=1S/C26H23ClF2N4OS/c1-16-3-8-20(27)14-23(16)33-25(17(2)30-24(34)13-18-4-9-21(28)10-5-18)31-32-26(33)35-15-19-6-11-22(29)12-7-19/h3-12,14,17H,13,15H2,1-2H3,(H,30,34). The maximum Gasteiger partial charge on any atom is 0.224 e. The van der Waals surface area contributed by atoms with Gasteiger partial charge in [0.1, 0.15) is 11.6 Å². The summed E-state index contributed by atoms with van der Waals surface area (Å²) < 4.78 is 28.3. The largest absolute Gasteiger partial charge is 0.346 e. The quantitative estimate of drug-likeness (QED) is 0.285. The van der Waals surface area contributed by atoms with E-state index in [4.69, 9.17) is 11.6 Å². The van der Waals surface area contributed by atoms with Crippen LogP contribution in [0.3, 0.4) is 0 Å². The van der Waals surface area contributed by atoms with Crippen molar-refractivity contribution in [1.29, 1.82) is 0 Å². The number of benzene rings is 3. The van der Waals surface area contributed by atoms with Gasteiger partial charge < -0.3 is 5.32 Å². The van der Waals surface area contributed by atoms with Crippen molar-refractivity contribution in [2.75, 3.05) is 0 Å². The van der Waals surface area contributed by atoms with E-state index in [1.165, 1.54) is 36.0 Å². The highest BCUT2D eigenvalue weighted by Gasteiger charge is 2.22. The third kappa shape index (κ3) is 6.26. The van der Waals surface area contributed by atoms with Crippen LogP contribution in [0.4, 0.5) is 8.78 Å². The van der Waals surface area contributed by atoms with Crippen molar-refractivity contribution in [2.45, 2.75) is 37.2 Å². The van der Waals surface area contributed by atoms with Crippen LogP contribution in [-0.4, -0.2) is 20.7 Å². The molecule has 1 N–H and O–H groups in total. The van der Waals surface area contributed by atoms with Gasteiger partial charge in [0.15, 0.2) is 11.0 Å². The number of hydrogen-bond donors (Lipinski definition) is 1. The molecule has 1 amide bonds. The molecular formula is C26H23ClF2N4OS. The van der Waals surface area contributed by atoms with E-state index in [0.717, 1.165) is 16.8 Å². The number of nitrogens with one attached hydrogen (secondary N) is 1. The average molecular weight is 513 g/mol. The number of carbonyl (C=O) groups excluding carboxylic acids is 1. The molecule has 1 heterocycles. The van der Waals surface area contributed by atoms with Crippen molar-refractivity contribution in [3.05, 3.63) is 106 Å². The molecule has 0 saturated carbocycles. The first-order chi connectivity index (χ1) is 16.8. The molecule has 35 heavy (non-hydrogen) atoms. The molecule has 3 aromatic carbocycles. The average Bonchev–Trinajstić information content (AvgIpc) is 3.25. The van der Waals surface area contributed by atoms with Crippen LogP contribution in [0.1, 0.15) is 35.5 Å². The SMILES string of the molecule is Cc1ccc(Cl)cc1-n1c(SCc2ccc(F)cc2)nnc1C(C)NC(=O)Cc1ccc(F)cc1. The molecule has 5 nitrogen and oxygen atoms in total. The number of hydrogen-bond acceptors (Lipinski definition) is 4. The summed E-state index contributed by atoms with van der Waals surface area (Å²) in [6.07, 6.45) is 0.112. The maximum absolute atomic E-state index is 13.3. The topological polar surface area (TPSA) is 59.8 Å². The molecule has 0 fully saturated rings. The van der Waals surface area contributed by atoms with Crippen LogP contribution < -0.4 is 5.32 Å². The van der Waals surface area contributed by atoms with E-state index in [0.29, 0.717) is 27.3 Å². The minimum absolute atomic E-state index is 0.112. The lowest BCUT2D eigenvalue weighted by molar-refractivity contribution is -0.121. The van der Waals surface area contributed by atoms with Gasteiger partial charge in [0.25, 0.3) is 0 Å². The summed E-state index contributed by atoms with van der Waals surface area (Å²) in [7, 11) is 0. The van der Waals surface area contributed by atoms with Gasteiger partial charge in [0.2, 0.25) is 5.91 Å². The minimum atomic E-state index is -0.464. The molecular weight excluding hydrogens is 490 g/mol. The van der Waals surface area contributed by atoms with Crippen LogP contribution in [0, 0.1) is 18.6 Å². The number of thioether (sulfide) groups is 1. The first kappa shape index (κ1) is 24.9. The van der Waals surface area contributed by atoms with Crippen LogP contribution in [0.5, 0.6) is 0 Å². The lowest BCUT2D eigenvalue weighted by Crippen LogP contribution is -2.30. The molecule has 0 aliphatic carbocycles. The molecule has 4 rings (SSSR count). The monoisotopic (exact) mass is 512 g/mol. The highest BCUT2D eigenvalue weighted by Crippen LogP contribution is 2.30. The molecule has 4 aromatic rings. The maximum atomic E-state index is 13.3. The van der Waals surface area contributed by atoms with Gasteiger partial charge in [-0.1, -0.05) is 53.7 Å². The molecule has 0 saturated heterocycles. The smallest absolute Gasteiger partial charge is 0.224 e. The van der Waals surface area contributed by atoms with Crippen molar-refractivity contribution < 1.29 is 13.6 Å². The van der Waals surface area contributed by atoms with E-state index >= 15 is 0 Å². The van der Waals surface area contributed by atoms with Gasteiger partial charge in [0.05, 0.1) is 18.2 Å². The Labute approximate surface area is 211 Å². The Bertz CT molecular complexity index is 1330. The van der Waals surface area contributed by atoms with Crippen molar-refractivity contribution >= 4 is 29.3 Å². The number of aryl methyl sites for hydroxylation is 1. The van der Waals surface area contributed by atoms with Gasteiger partial charge in [-0.05, 0) is 66.9 Å². The Morgan fingerprint density at radius 2 is 1.63 bits per heavy atom. The lowest BCUT2D eigenvalue weighted by atomic mass is 10.1. The Hall–Kier alpha value is -3.23. The molecule has 0 bridgehead atoms. The highest BCUT2D eigenvalue weighted by atomic mass is 35.5. The summed E-state index contributed by atoms with van der Waals surface area (Å²) in [6.45, 7) is 3.79. The second-order valence-corrected chi connectivity index (χ2v) is 9.49. The molecule has 0 spiro atoms. The molecule has 180 valence electrons. The first-order valence-corrected chi connectivity index (χ1v) is 12.3. The summed E-state index contributed by atoms with van der Waals surface area (Å²) >= 11 is 7.75. The number of halogens is 3. The predicted molar refractivity (Wildman–Crippen MR) is 134 cm³/mol. The van der Waals surface area contributed by atoms with Gasteiger partial charge in [0, 0.05) is 10.8 Å². The van der Waals surface area contributed by atoms with E-state index < -0.39 is 6.04 Å². The van der Waals surface area contributed by atoms with Crippen LogP contribution in [0.15, 0.2) is 71.9 Å². The number of carbonyl (C=O) groups is 1. The zero-order valence-corrected chi connectivity index (χ0v) is 20.7. The Balaban J connectivity index is 1.60. The van der Waals surface area contributed by atoms with Crippen molar-refractivity contribution in [3.8, 4) is 5.69 Å². The number of rotatable bonds is 8. The van der Waals surface area contributed by atoms with Crippen LogP contribution in [-0.2, 0) is 17.0 Å². The van der Waals surface area contributed by atoms with Crippen molar-refractivity contribution in [1.82, 2.24) is 20.1 Å².